The second-order valence-electron chi connectivity index (χ2n) is 4.66. The maximum atomic E-state index is 11.6. The molecule has 7 N–H and O–H groups in total. The van der Waals surface area contributed by atoms with Gasteiger partial charge in [0, 0.05) is 6.42 Å². The molecule has 0 saturated carbocycles. The van der Waals surface area contributed by atoms with E-state index in [0.717, 1.165) is 0 Å². The highest BCUT2D eigenvalue weighted by Gasteiger charge is 2.34. The molecule has 0 radical (unpaired) electrons. The van der Waals surface area contributed by atoms with Gasteiger partial charge < -0.3 is 36.0 Å². The molecule has 0 rings (SSSR count). The van der Waals surface area contributed by atoms with Gasteiger partial charge >= 0.3 is 11.9 Å². The Labute approximate surface area is 126 Å². The Bertz CT molecular complexity index is 376. The van der Waals surface area contributed by atoms with Gasteiger partial charge in [0.15, 0.2) is 12.4 Å². The van der Waals surface area contributed by atoms with Gasteiger partial charge in [0.1, 0.15) is 24.4 Å². The molecule has 0 aliphatic rings. The van der Waals surface area contributed by atoms with Crippen LogP contribution in [0, 0.1) is 0 Å². The fraction of sp³-hybridized carbons (Fsp3) is 0.750. The summed E-state index contributed by atoms with van der Waals surface area (Å²) < 4.78 is 4.61. The fourth-order valence-corrected chi connectivity index (χ4v) is 1.52. The number of carboxylic acid groups (broad SMARTS) is 1. The third-order valence-corrected chi connectivity index (χ3v) is 2.86. The molecule has 0 heterocycles. The Morgan fingerprint density at radius 1 is 1.18 bits per heavy atom. The summed E-state index contributed by atoms with van der Waals surface area (Å²) in [4.78, 5) is 32.7. The lowest BCUT2D eigenvalue weighted by Gasteiger charge is -2.26. The number of aliphatic carboxylic acids is 1. The highest BCUT2D eigenvalue weighted by molar-refractivity contribution is 5.78. The number of aliphatic hydroxyl groups excluding tert-OH is 4. The second-order valence-corrected chi connectivity index (χ2v) is 4.66. The minimum Gasteiger partial charge on any atom is -0.481 e. The molecule has 0 aliphatic heterocycles. The normalized spacial score (nSPS) is 17.9. The van der Waals surface area contributed by atoms with Crippen LogP contribution in [-0.4, -0.2) is 80.8 Å². The average molecular weight is 323 g/mol. The fourth-order valence-electron chi connectivity index (χ4n) is 1.52. The molecular weight excluding hydrogens is 302 g/mol. The van der Waals surface area contributed by atoms with Crippen LogP contribution in [0.3, 0.4) is 0 Å². The minimum atomic E-state index is -1.95. The number of carboxylic acids is 1. The van der Waals surface area contributed by atoms with Crippen molar-refractivity contribution in [3.05, 3.63) is 0 Å². The smallest absolute Gasteiger partial charge is 0.323 e. The van der Waals surface area contributed by atoms with Crippen LogP contribution in [0.15, 0.2) is 0 Å². The van der Waals surface area contributed by atoms with Crippen molar-refractivity contribution < 1.29 is 44.7 Å². The van der Waals surface area contributed by atoms with Gasteiger partial charge in [-0.05, 0) is 12.8 Å². The predicted octanol–water partition coefficient (Wildman–Crippen LogP) is -3.25. The topological polar surface area (TPSA) is 188 Å². The highest BCUT2D eigenvalue weighted by Crippen LogP contribution is 2.09. The van der Waals surface area contributed by atoms with Gasteiger partial charge in [0.05, 0.1) is 6.61 Å². The number of ether oxygens (including phenoxy) is 1. The summed E-state index contributed by atoms with van der Waals surface area (Å²) >= 11 is 0. The lowest BCUT2D eigenvalue weighted by molar-refractivity contribution is -0.169. The maximum Gasteiger partial charge on any atom is 0.323 e. The Kier molecular flexibility index (Phi) is 9.45. The van der Waals surface area contributed by atoms with E-state index in [-0.39, 0.29) is 25.5 Å². The average Bonchev–Trinajstić information content (AvgIpc) is 2.49. The van der Waals surface area contributed by atoms with E-state index in [1.807, 2.05) is 0 Å². The Balaban J connectivity index is 4.49. The first-order chi connectivity index (χ1) is 10.2. The largest absolute Gasteiger partial charge is 0.481 e. The van der Waals surface area contributed by atoms with Crippen molar-refractivity contribution in [2.45, 2.75) is 49.7 Å². The van der Waals surface area contributed by atoms with E-state index in [2.05, 4.69) is 4.74 Å². The van der Waals surface area contributed by atoms with Crippen molar-refractivity contribution in [2.75, 3.05) is 6.61 Å². The third-order valence-electron chi connectivity index (χ3n) is 2.86. The Morgan fingerprint density at radius 3 is 2.23 bits per heavy atom. The number of aldehydes is 1. The van der Waals surface area contributed by atoms with Gasteiger partial charge in [-0.15, -0.1) is 0 Å². The van der Waals surface area contributed by atoms with E-state index in [1.54, 1.807) is 0 Å². The molecule has 0 aliphatic carbocycles. The van der Waals surface area contributed by atoms with Gasteiger partial charge in [-0.2, -0.15) is 0 Å². The minimum absolute atomic E-state index is 0.00533. The zero-order valence-electron chi connectivity index (χ0n) is 11.7. The van der Waals surface area contributed by atoms with Crippen LogP contribution in [0.1, 0.15) is 19.3 Å². The molecule has 0 spiro atoms. The molecule has 0 aromatic heterocycles. The maximum absolute atomic E-state index is 11.6. The van der Waals surface area contributed by atoms with E-state index in [0.29, 0.717) is 0 Å². The molecule has 0 amide bonds. The van der Waals surface area contributed by atoms with Gasteiger partial charge in [0.25, 0.3) is 0 Å². The number of esters is 1. The lowest BCUT2D eigenvalue weighted by atomic mass is 10.0. The van der Waals surface area contributed by atoms with Crippen LogP contribution < -0.4 is 5.73 Å². The monoisotopic (exact) mass is 323 g/mol. The van der Waals surface area contributed by atoms with E-state index in [4.69, 9.17) is 21.1 Å². The summed E-state index contributed by atoms with van der Waals surface area (Å²) in [6, 6.07) is -1.20. The van der Waals surface area contributed by atoms with E-state index in [1.165, 1.54) is 0 Å². The van der Waals surface area contributed by atoms with Crippen molar-refractivity contribution in [2.24, 2.45) is 5.73 Å². The molecule has 0 saturated heterocycles. The lowest BCUT2D eigenvalue weighted by Crippen LogP contribution is -2.49. The molecule has 0 bridgehead atoms. The number of nitrogens with two attached hydrogens (primary N) is 1. The molecule has 22 heavy (non-hydrogen) atoms. The van der Waals surface area contributed by atoms with Crippen molar-refractivity contribution in [1.82, 2.24) is 0 Å². The summed E-state index contributed by atoms with van der Waals surface area (Å²) in [5.74, 6) is -2.12. The quantitative estimate of drug-likeness (QED) is 0.166. The van der Waals surface area contributed by atoms with E-state index >= 15 is 0 Å². The van der Waals surface area contributed by atoms with Crippen LogP contribution in [0.4, 0.5) is 0 Å². The first-order valence-electron chi connectivity index (χ1n) is 6.52. The molecule has 0 fully saturated rings. The highest BCUT2D eigenvalue weighted by atomic mass is 16.6. The second kappa shape index (κ2) is 10.2. The molecule has 128 valence electrons. The van der Waals surface area contributed by atoms with E-state index in [9.17, 15) is 24.6 Å². The van der Waals surface area contributed by atoms with Crippen LogP contribution in [-0.2, 0) is 19.1 Å². The molecule has 0 aromatic carbocycles. The molecular formula is C12H21NO9. The summed E-state index contributed by atoms with van der Waals surface area (Å²) in [5.41, 5.74) is 5.45. The van der Waals surface area contributed by atoms with Crippen molar-refractivity contribution >= 4 is 18.2 Å². The van der Waals surface area contributed by atoms with Crippen molar-refractivity contribution in [1.29, 1.82) is 0 Å². The number of rotatable bonds is 11. The number of aliphatic hydroxyl groups is 4. The van der Waals surface area contributed by atoms with Crippen molar-refractivity contribution in [3.63, 3.8) is 0 Å². The predicted molar refractivity (Wildman–Crippen MR) is 70.5 cm³/mol. The SMILES string of the molecule is NC(CCCC(=O)O)C(=O)O[C@H](C=O)[C@@H](O)[C@H](O)[C@H](O)CO. The number of hydrogen-bond donors (Lipinski definition) is 6. The summed E-state index contributed by atoms with van der Waals surface area (Å²) in [6.07, 6.45) is -7.40. The first kappa shape index (κ1) is 20.4. The van der Waals surface area contributed by atoms with Gasteiger partial charge in [-0.3, -0.25) is 14.4 Å². The molecule has 10 heteroatoms. The molecule has 10 nitrogen and oxygen atoms in total. The van der Waals surface area contributed by atoms with Crippen LogP contribution >= 0.6 is 0 Å². The van der Waals surface area contributed by atoms with Crippen molar-refractivity contribution in [3.8, 4) is 0 Å². The zero-order chi connectivity index (χ0) is 17.3. The summed E-state index contributed by atoms with van der Waals surface area (Å²) in [6.45, 7) is -0.869. The zero-order valence-corrected chi connectivity index (χ0v) is 11.7. The number of carbonyl (C=O) groups is 3. The Hall–Kier alpha value is -1.59. The van der Waals surface area contributed by atoms with Gasteiger partial charge in [0.2, 0.25) is 0 Å². The van der Waals surface area contributed by atoms with Crippen LogP contribution in [0.2, 0.25) is 0 Å². The third kappa shape index (κ3) is 6.91. The number of hydrogen-bond acceptors (Lipinski definition) is 9. The summed E-state index contributed by atoms with van der Waals surface area (Å²) in [5, 5.41) is 45.3. The molecule has 5 atom stereocenters. The van der Waals surface area contributed by atoms with Crippen LogP contribution in [0.5, 0.6) is 0 Å². The first-order valence-corrected chi connectivity index (χ1v) is 6.52. The van der Waals surface area contributed by atoms with Gasteiger partial charge in [-0.25, -0.2) is 0 Å². The Morgan fingerprint density at radius 2 is 1.77 bits per heavy atom. The summed E-state index contributed by atoms with van der Waals surface area (Å²) in [7, 11) is 0. The van der Waals surface area contributed by atoms with Gasteiger partial charge in [-0.1, -0.05) is 0 Å². The molecule has 1 unspecified atom stereocenters. The van der Waals surface area contributed by atoms with E-state index < -0.39 is 49.0 Å². The number of carbonyl (C=O) groups excluding carboxylic acids is 2. The standard InChI is InChI=1S/C12H21NO9/c13-6(2-1-3-9(17)18)12(21)22-8(5-15)11(20)10(19)7(16)4-14/h5-8,10-11,14,16,19-20H,1-4,13H2,(H,17,18)/t6?,7-,8-,10-,11-/m1/s1. The van der Waals surface area contributed by atoms with Crippen LogP contribution in [0.25, 0.3) is 0 Å². The molecule has 0 aromatic rings.